The lowest BCUT2D eigenvalue weighted by molar-refractivity contribution is 0.597. The molecule has 0 fully saturated rings. The van der Waals surface area contributed by atoms with Crippen molar-refractivity contribution >= 4 is 44.2 Å². The summed E-state index contributed by atoms with van der Waals surface area (Å²) >= 11 is 1.00. The molecule has 0 aliphatic carbocycles. The van der Waals surface area contributed by atoms with E-state index >= 15 is 0 Å². The van der Waals surface area contributed by atoms with Crippen molar-refractivity contribution in [3.63, 3.8) is 0 Å². The zero-order chi connectivity index (χ0) is 17.3. The molecular weight excluding hydrogens is 354 g/mol. The van der Waals surface area contributed by atoms with Crippen LogP contribution in [0.25, 0.3) is 11.0 Å². The standard InChI is InChI=1S/C18H13N3O2S2/c22-25(23,17-13-7-12-16-18(17)20-24-19-16)21(14-8-3-1-4-9-14)15-10-5-2-6-11-15/h1-13H. The summed E-state index contributed by atoms with van der Waals surface area (Å²) in [5.41, 5.74) is 2.10. The summed E-state index contributed by atoms with van der Waals surface area (Å²) in [5.74, 6) is 0. The summed E-state index contributed by atoms with van der Waals surface area (Å²) in [5, 5.41) is 0. The molecular formula is C18H13N3O2S2. The fraction of sp³-hybridized carbons (Fsp3) is 0. The molecule has 0 aliphatic heterocycles. The van der Waals surface area contributed by atoms with Crippen molar-refractivity contribution < 1.29 is 8.42 Å². The Morgan fingerprint density at radius 3 is 1.92 bits per heavy atom. The number of fused-ring (bicyclic) bond motifs is 1. The fourth-order valence-corrected chi connectivity index (χ4v) is 4.89. The molecule has 5 nitrogen and oxygen atoms in total. The number of nitrogens with zero attached hydrogens (tertiary/aromatic N) is 3. The predicted octanol–water partition coefficient (Wildman–Crippen LogP) is 4.22. The maximum absolute atomic E-state index is 13.5. The van der Waals surface area contributed by atoms with Crippen molar-refractivity contribution in [3.8, 4) is 0 Å². The van der Waals surface area contributed by atoms with Crippen molar-refractivity contribution in [2.45, 2.75) is 4.90 Å². The molecule has 4 aromatic rings. The average molecular weight is 367 g/mol. The van der Waals surface area contributed by atoms with Gasteiger partial charge >= 0.3 is 0 Å². The van der Waals surface area contributed by atoms with Crippen molar-refractivity contribution in [2.24, 2.45) is 0 Å². The molecule has 0 atom stereocenters. The SMILES string of the molecule is O=S(=O)(c1cccc2nsnc12)N(c1ccccc1)c1ccccc1. The van der Waals surface area contributed by atoms with Gasteiger partial charge in [0.15, 0.2) is 0 Å². The zero-order valence-corrected chi connectivity index (χ0v) is 14.6. The zero-order valence-electron chi connectivity index (χ0n) is 13.0. The minimum atomic E-state index is -3.87. The van der Waals surface area contributed by atoms with Gasteiger partial charge in [-0.15, -0.1) is 0 Å². The summed E-state index contributed by atoms with van der Waals surface area (Å²) in [7, 11) is -3.87. The Morgan fingerprint density at radius 1 is 0.720 bits per heavy atom. The molecule has 0 N–H and O–H groups in total. The van der Waals surface area contributed by atoms with E-state index in [1.54, 1.807) is 42.5 Å². The number of hydrogen-bond donors (Lipinski definition) is 0. The van der Waals surface area contributed by atoms with E-state index in [2.05, 4.69) is 8.75 Å². The molecule has 1 heterocycles. The lowest BCUT2D eigenvalue weighted by atomic mass is 10.3. The first-order valence-corrected chi connectivity index (χ1v) is 9.72. The van der Waals surface area contributed by atoms with Crippen LogP contribution in [0, 0.1) is 0 Å². The van der Waals surface area contributed by atoms with E-state index in [1.807, 2.05) is 36.4 Å². The van der Waals surface area contributed by atoms with Crippen LogP contribution in [0.5, 0.6) is 0 Å². The lowest BCUT2D eigenvalue weighted by Gasteiger charge is -2.24. The summed E-state index contributed by atoms with van der Waals surface area (Å²) in [6, 6.07) is 23.0. The van der Waals surface area contributed by atoms with Gasteiger partial charge in [0, 0.05) is 0 Å². The summed E-state index contributed by atoms with van der Waals surface area (Å²) in [4.78, 5) is 0.145. The van der Waals surface area contributed by atoms with Crippen LogP contribution in [0.3, 0.4) is 0 Å². The van der Waals surface area contributed by atoms with Crippen LogP contribution in [-0.4, -0.2) is 17.2 Å². The van der Waals surface area contributed by atoms with Gasteiger partial charge in [0.25, 0.3) is 10.0 Å². The summed E-state index contributed by atoms with van der Waals surface area (Å²) < 4.78 is 36.7. The van der Waals surface area contributed by atoms with Gasteiger partial charge in [0.1, 0.15) is 15.9 Å². The number of para-hydroxylation sites is 2. The second-order valence-corrected chi connectivity index (χ2v) is 7.61. The van der Waals surface area contributed by atoms with Crippen LogP contribution in [0.2, 0.25) is 0 Å². The van der Waals surface area contributed by atoms with E-state index < -0.39 is 10.0 Å². The minimum Gasteiger partial charge on any atom is -0.234 e. The summed E-state index contributed by atoms with van der Waals surface area (Å²) in [6.07, 6.45) is 0. The highest BCUT2D eigenvalue weighted by molar-refractivity contribution is 7.93. The summed E-state index contributed by atoms with van der Waals surface area (Å²) in [6.45, 7) is 0. The Bertz CT molecular complexity index is 1070. The van der Waals surface area contributed by atoms with E-state index in [1.165, 1.54) is 4.31 Å². The first kappa shape index (κ1) is 15.7. The van der Waals surface area contributed by atoms with Crippen molar-refractivity contribution in [1.82, 2.24) is 8.75 Å². The third kappa shape index (κ3) is 2.77. The van der Waals surface area contributed by atoms with Crippen LogP contribution in [-0.2, 0) is 10.0 Å². The van der Waals surface area contributed by atoms with E-state index in [9.17, 15) is 8.42 Å². The molecule has 124 valence electrons. The molecule has 0 saturated carbocycles. The third-order valence-corrected chi connectivity index (χ3v) is 6.08. The number of anilines is 2. The van der Waals surface area contributed by atoms with Crippen LogP contribution in [0.15, 0.2) is 83.8 Å². The Morgan fingerprint density at radius 2 is 1.32 bits per heavy atom. The van der Waals surface area contributed by atoms with Gasteiger partial charge in [0.2, 0.25) is 0 Å². The van der Waals surface area contributed by atoms with Gasteiger partial charge < -0.3 is 0 Å². The predicted molar refractivity (Wildman–Crippen MR) is 99.6 cm³/mol. The van der Waals surface area contributed by atoms with Gasteiger partial charge in [-0.2, -0.15) is 8.75 Å². The van der Waals surface area contributed by atoms with Crippen molar-refractivity contribution in [3.05, 3.63) is 78.9 Å². The molecule has 0 saturated heterocycles. The number of benzene rings is 3. The Labute approximate surface area is 149 Å². The molecule has 0 spiro atoms. The molecule has 1 aromatic heterocycles. The van der Waals surface area contributed by atoms with E-state index in [4.69, 9.17) is 0 Å². The first-order valence-electron chi connectivity index (χ1n) is 7.54. The number of sulfonamides is 1. The van der Waals surface area contributed by atoms with Gasteiger partial charge in [-0.05, 0) is 36.4 Å². The number of hydrogen-bond acceptors (Lipinski definition) is 5. The normalized spacial score (nSPS) is 11.5. The topological polar surface area (TPSA) is 63.2 Å². The monoisotopic (exact) mass is 367 g/mol. The highest BCUT2D eigenvalue weighted by atomic mass is 32.2. The highest BCUT2D eigenvalue weighted by Crippen LogP contribution is 2.34. The van der Waals surface area contributed by atoms with Crippen LogP contribution in [0.4, 0.5) is 11.4 Å². The quantitative estimate of drug-likeness (QED) is 0.542. The fourth-order valence-electron chi connectivity index (χ4n) is 2.64. The van der Waals surface area contributed by atoms with Gasteiger partial charge in [-0.1, -0.05) is 42.5 Å². The Kier molecular flexibility index (Phi) is 3.95. The molecule has 0 amide bonds. The smallest absolute Gasteiger partial charge is 0.234 e. The molecule has 0 unspecified atom stereocenters. The Balaban J connectivity index is 1.97. The molecule has 7 heteroatoms. The largest absolute Gasteiger partial charge is 0.270 e. The highest BCUT2D eigenvalue weighted by Gasteiger charge is 2.29. The second kappa shape index (κ2) is 6.27. The molecule has 4 rings (SSSR count). The number of aromatic nitrogens is 2. The molecule has 0 aliphatic rings. The van der Waals surface area contributed by atoms with E-state index in [-0.39, 0.29) is 4.90 Å². The second-order valence-electron chi connectivity index (χ2n) is 5.33. The minimum absolute atomic E-state index is 0.145. The first-order chi connectivity index (χ1) is 12.2. The molecule has 0 radical (unpaired) electrons. The lowest BCUT2D eigenvalue weighted by Crippen LogP contribution is -2.26. The van der Waals surface area contributed by atoms with Gasteiger partial charge in [-0.3, -0.25) is 0 Å². The Hall–Kier alpha value is -2.77. The molecule has 3 aromatic carbocycles. The van der Waals surface area contributed by atoms with Crippen molar-refractivity contribution in [2.75, 3.05) is 4.31 Å². The third-order valence-electron chi connectivity index (χ3n) is 3.75. The number of rotatable bonds is 4. The van der Waals surface area contributed by atoms with Crippen molar-refractivity contribution in [1.29, 1.82) is 0 Å². The van der Waals surface area contributed by atoms with Crippen LogP contribution < -0.4 is 4.31 Å². The van der Waals surface area contributed by atoms with Gasteiger partial charge in [0.05, 0.1) is 23.1 Å². The average Bonchev–Trinajstić information content (AvgIpc) is 3.12. The van der Waals surface area contributed by atoms with Crippen LogP contribution in [0.1, 0.15) is 0 Å². The maximum Gasteiger partial charge on any atom is 0.270 e. The van der Waals surface area contributed by atoms with Crippen LogP contribution >= 0.6 is 11.7 Å². The maximum atomic E-state index is 13.5. The van der Waals surface area contributed by atoms with E-state index in [0.717, 1.165) is 11.7 Å². The molecule has 0 bridgehead atoms. The van der Waals surface area contributed by atoms with E-state index in [0.29, 0.717) is 22.4 Å². The van der Waals surface area contributed by atoms with Gasteiger partial charge in [-0.25, -0.2) is 12.7 Å². The molecule has 25 heavy (non-hydrogen) atoms.